The zero-order chi connectivity index (χ0) is 15.2. The molecule has 0 aliphatic rings. The van der Waals surface area contributed by atoms with E-state index in [-0.39, 0.29) is 11.3 Å². The van der Waals surface area contributed by atoms with Gasteiger partial charge in [0, 0.05) is 18.1 Å². The van der Waals surface area contributed by atoms with Crippen molar-refractivity contribution in [2.45, 2.75) is 6.54 Å². The molecule has 0 saturated carbocycles. The van der Waals surface area contributed by atoms with Crippen molar-refractivity contribution in [3.8, 4) is 0 Å². The highest BCUT2D eigenvalue weighted by Crippen LogP contribution is 2.11. The Morgan fingerprint density at radius 2 is 2.00 bits per heavy atom. The number of carboxylic acid groups (broad SMARTS) is 1. The SMILES string of the molecule is COC(=O)c1cc(NCc2cc(C(=O)O)ccn2)ccn1. The van der Waals surface area contributed by atoms with E-state index in [1.165, 1.54) is 31.6 Å². The number of carboxylic acids is 1. The maximum absolute atomic E-state index is 11.4. The summed E-state index contributed by atoms with van der Waals surface area (Å²) in [6, 6.07) is 6.14. The highest BCUT2D eigenvalue weighted by molar-refractivity contribution is 5.88. The molecule has 2 N–H and O–H groups in total. The summed E-state index contributed by atoms with van der Waals surface area (Å²) in [5.74, 6) is -1.53. The van der Waals surface area contributed by atoms with Crippen molar-refractivity contribution in [2.24, 2.45) is 0 Å². The van der Waals surface area contributed by atoms with Crippen LogP contribution in [-0.4, -0.2) is 34.1 Å². The van der Waals surface area contributed by atoms with Crippen LogP contribution < -0.4 is 5.32 Å². The van der Waals surface area contributed by atoms with Gasteiger partial charge in [0.1, 0.15) is 5.69 Å². The summed E-state index contributed by atoms with van der Waals surface area (Å²) in [4.78, 5) is 30.2. The van der Waals surface area contributed by atoms with Crippen LogP contribution in [0.2, 0.25) is 0 Å². The fourth-order valence-electron chi connectivity index (χ4n) is 1.66. The smallest absolute Gasteiger partial charge is 0.356 e. The van der Waals surface area contributed by atoms with Gasteiger partial charge in [0.05, 0.1) is 24.9 Å². The Hall–Kier alpha value is -2.96. The number of hydrogen-bond acceptors (Lipinski definition) is 6. The zero-order valence-corrected chi connectivity index (χ0v) is 11.2. The maximum atomic E-state index is 11.4. The number of carbonyl (C=O) groups excluding carboxylic acids is 1. The molecule has 2 aromatic heterocycles. The molecule has 0 saturated heterocycles. The third-order valence-corrected chi connectivity index (χ3v) is 2.69. The Morgan fingerprint density at radius 1 is 1.24 bits per heavy atom. The molecule has 0 aliphatic heterocycles. The first kappa shape index (κ1) is 14.4. The minimum Gasteiger partial charge on any atom is -0.478 e. The number of aromatic carboxylic acids is 1. The highest BCUT2D eigenvalue weighted by atomic mass is 16.5. The molecule has 0 spiro atoms. The first-order valence-corrected chi connectivity index (χ1v) is 6.06. The van der Waals surface area contributed by atoms with E-state index in [1.54, 1.807) is 12.1 Å². The van der Waals surface area contributed by atoms with Crippen molar-refractivity contribution >= 4 is 17.6 Å². The van der Waals surface area contributed by atoms with Crippen LogP contribution in [0.25, 0.3) is 0 Å². The van der Waals surface area contributed by atoms with Gasteiger partial charge in [-0.2, -0.15) is 0 Å². The number of ether oxygens (including phenoxy) is 1. The van der Waals surface area contributed by atoms with E-state index in [9.17, 15) is 9.59 Å². The number of anilines is 1. The van der Waals surface area contributed by atoms with E-state index in [2.05, 4.69) is 20.0 Å². The van der Waals surface area contributed by atoms with Crippen LogP contribution in [-0.2, 0) is 11.3 Å². The molecule has 0 fully saturated rings. The molecule has 21 heavy (non-hydrogen) atoms. The number of nitrogens with zero attached hydrogens (tertiary/aromatic N) is 2. The third kappa shape index (κ3) is 3.75. The minimum absolute atomic E-state index is 0.173. The molecule has 0 atom stereocenters. The molecule has 108 valence electrons. The quantitative estimate of drug-likeness (QED) is 0.805. The van der Waals surface area contributed by atoms with Gasteiger partial charge in [-0.25, -0.2) is 14.6 Å². The zero-order valence-electron chi connectivity index (χ0n) is 11.2. The van der Waals surface area contributed by atoms with Gasteiger partial charge in [-0.05, 0) is 24.3 Å². The Kier molecular flexibility index (Phi) is 4.45. The van der Waals surface area contributed by atoms with E-state index in [1.807, 2.05) is 0 Å². The van der Waals surface area contributed by atoms with Crippen LogP contribution in [0.15, 0.2) is 36.7 Å². The van der Waals surface area contributed by atoms with Gasteiger partial charge in [-0.3, -0.25) is 4.98 Å². The molecule has 7 nitrogen and oxygen atoms in total. The van der Waals surface area contributed by atoms with Gasteiger partial charge in [-0.1, -0.05) is 0 Å². The lowest BCUT2D eigenvalue weighted by atomic mass is 10.2. The number of aromatic nitrogens is 2. The number of esters is 1. The van der Waals surface area contributed by atoms with Gasteiger partial charge in [0.25, 0.3) is 0 Å². The Morgan fingerprint density at radius 3 is 2.71 bits per heavy atom. The van der Waals surface area contributed by atoms with Crippen LogP contribution >= 0.6 is 0 Å². The number of nitrogens with one attached hydrogen (secondary N) is 1. The second-order valence-electron chi connectivity index (χ2n) is 4.12. The average Bonchev–Trinajstić information content (AvgIpc) is 2.52. The van der Waals surface area contributed by atoms with Crippen molar-refractivity contribution in [1.29, 1.82) is 0 Å². The van der Waals surface area contributed by atoms with Crippen molar-refractivity contribution in [3.63, 3.8) is 0 Å². The molecule has 0 aliphatic carbocycles. The Bertz CT molecular complexity index is 673. The summed E-state index contributed by atoms with van der Waals surface area (Å²) < 4.78 is 4.59. The molecular formula is C14H13N3O4. The van der Waals surface area contributed by atoms with Gasteiger partial charge in [0.2, 0.25) is 0 Å². The lowest BCUT2D eigenvalue weighted by Gasteiger charge is -2.07. The standard InChI is InChI=1S/C14H13N3O4/c1-21-14(20)12-7-10(3-5-16-12)17-8-11-6-9(13(18)19)2-4-15-11/h2-7H,8H2,1H3,(H,16,17)(H,18,19). The fraction of sp³-hybridized carbons (Fsp3) is 0.143. The first-order chi connectivity index (χ1) is 10.1. The lowest BCUT2D eigenvalue weighted by molar-refractivity contribution is 0.0593. The maximum Gasteiger partial charge on any atom is 0.356 e. The second kappa shape index (κ2) is 6.47. The Balaban J connectivity index is 2.08. The summed E-state index contributed by atoms with van der Waals surface area (Å²) in [6.07, 6.45) is 2.92. The monoisotopic (exact) mass is 287 g/mol. The molecule has 0 aromatic carbocycles. The van der Waals surface area contributed by atoms with Crippen LogP contribution in [0, 0.1) is 0 Å². The summed E-state index contributed by atoms with van der Waals surface area (Å²) in [7, 11) is 1.28. The first-order valence-electron chi connectivity index (χ1n) is 6.06. The number of carbonyl (C=O) groups is 2. The molecule has 2 rings (SSSR count). The number of rotatable bonds is 5. The summed E-state index contributed by atoms with van der Waals surface area (Å²) in [5.41, 5.74) is 1.60. The largest absolute Gasteiger partial charge is 0.478 e. The van der Waals surface area contributed by atoms with E-state index in [0.29, 0.717) is 17.9 Å². The summed E-state index contributed by atoms with van der Waals surface area (Å²) in [6.45, 7) is 0.325. The number of hydrogen-bond donors (Lipinski definition) is 2. The molecular weight excluding hydrogens is 274 g/mol. The summed E-state index contributed by atoms with van der Waals surface area (Å²) >= 11 is 0. The van der Waals surface area contributed by atoms with Crippen LogP contribution in [0.3, 0.4) is 0 Å². The van der Waals surface area contributed by atoms with Gasteiger partial charge < -0.3 is 15.2 Å². The van der Waals surface area contributed by atoms with Crippen molar-refractivity contribution in [3.05, 3.63) is 53.6 Å². The fourth-order valence-corrected chi connectivity index (χ4v) is 1.66. The van der Waals surface area contributed by atoms with Crippen molar-refractivity contribution in [1.82, 2.24) is 9.97 Å². The molecule has 0 amide bonds. The van der Waals surface area contributed by atoms with Gasteiger partial charge in [-0.15, -0.1) is 0 Å². The average molecular weight is 287 g/mol. The van der Waals surface area contributed by atoms with Crippen molar-refractivity contribution in [2.75, 3.05) is 12.4 Å². The highest BCUT2D eigenvalue weighted by Gasteiger charge is 2.08. The van der Waals surface area contributed by atoms with E-state index in [0.717, 1.165) is 0 Å². The third-order valence-electron chi connectivity index (χ3n) is 2.69. The van der Waals surface area contributed by atoms with Crippen LogP contribution in [0.1, 0.15) is 26.5 Å². The van der Waals surface area contributed by atoms with Gasteiger partial charge >= 0.3 is 11.9 Å². The minimum atomic E-state index is -1.00. The Labute approximate surface area is 120 Å². The van der Waals surface area contributed by atoms with Crippen molar-refractivity contribution < 1.29 is 19.4 Å². The summed E-state index contributed by atoms with van der Waals surface area (Å²) in [5, 5.41) is 12.0. The number of methoxy groups -OCH3 is 1. The molecule has 7 heteroatoms. The molecule has 0 radical (unpaired) electrons. The lowest BCUT2D eigenvalue weighted by Crippen LogP contribution is -2.07. The van der Waals surface area contributed by atoms with Gasteiger partial charge in [0.15, 0.2) is 0 Å². The molecule has 2 heterocycles. The van der Waals surface area contributed by atoms with Crippen LogP contribution in [0.4, 0.5) is 5.69 Å². The van der Waals surface area contributed by atoms with Crippen LogP contribution in [0.5, 0.6) is 0 Å². The molecule has 0 bridgehead atoms. The topological polar surface area (TPSA) is 101 Å². The normalized spacial score (nSPS) is 9.95. The van der Waals surface area contributed by atoms with E-state index in [4.69, 9.17) is 5.11 Å². The number of pyridine rings is 2. The molecule has 0 unspecified atom stereocenters. The molecule has 2 aromatic rings. The second-order valence-corrected chi connectivity index (χ2v) is 4.12. The predicted octanol–water partition coefficient (Wildman–Crippen LogP) is 1.57. The van der Waals surface area contributed by atoms with E-state index < -0.39 is 11.9 Å². The predicted molar refractivity (Wildman–Crippen MR) is 74.1 cm³/mol. The van der Waals surface area contributed by atoms with E-state index >= 15 is 0 Å².